The number of hydrogen-bond acceptors (Lipinski definition) is 3. The summed E-state index contributed by atoms with van der Waals surface area (Å²) in [6.45, 7) is 11.2. The summed E-state index contributed by atoms with van der Waals surface area (Å²) in [6, 6.07) is 0. The van der Waals surface area contributed by atoms with Gasteiger partial charge in [-0.15, -0.1) is 0 Å². The van der Waals surface area contributed by atoms with Gasteiger partial charge in [0.05, 0.1) is 5.60 Å². The van der Waals surface area contributed by atoms with Gasteiger partial charge in [0.1, 0.15) is 5.72 Å². The molecular weight excluding hydrogens is 188 g/mol. The van der Waals surface area contributed by atoms with Crippen molar-refractivity contribution in [3.05, 3.63) is 0 Å². The molecule has 15 heavy (non-hydrogen) atoms. The molecule has 88 valence electrons. The Morgan fingerprint density at radius 2 is 1.87 bits per heavy atom. The Labute approximate surface area is 93.2 Å². The molecule has 1 N–H and O–H groups in total. The molecule has 2 rings (SSSR count). The number of nitrogens with zero attached hydrogens (tertiary/aromatic N) is 1. The molecule has 2 aliphatic heterocycles. The van der Waals surface area contributed by atoms with E-state index in [4.69, 9.17) is 4.74 Å². The maximum atomic E-state index is 6.06. The van der Waals surface area contributed by atoms with E-state index in [1.165, 1.54) is 32.5 Å². The number of rotatable bonds is 3. The molecule has 0 radical (unpaired) electrons. The predicted molar refractivity (Wildman–Crippen MR) is 61.9 cm³/mol. The van der Waals surface area contributed by atoms with Crippen LogP contribution >= 0.6 is 0 Å². The lowest BCUT2D eigenvalue weighted by Gasteiger charge is -2.29. The maximum absolute atomic E-state index is 6.06. The topological polar surface area (TPSA) is 24.5 Å². The van der Waals surface area contributed by atoms with E-state index in [0.717, 1.165) is 13.0 Å². The average Bonchev–Trinajstić information content (AvgIpc) is 2.71. The van der Waals surface area contributed by atoms with E-state index >= 15 is 0 Å². The quantitative estimate of drug-likeness (QED) is 0.769. The summed E-state index contributed by atoms with van der Waals surface area (Å²) < 4.78 is 6.06. The first kappa shape index (κ1) is 11.4. The SMILES string of the molecule is CC1(C)CNC(C)(CCN2CCCC2)O1. The largest absolute Gasteiger partial charge is 0.354 e. The molecule has 2 saturated heterocycles. The molecule has 0 aromatic carbocycles. The molecule has 0 aliphatic carbocycles. The van der Waals surface area contributed by atoms with Crippen molar-refractivity contribution in [2.45, 2.75) is 51.4 Å². The highest BCUT2D eigenvalue weighted by molar-refractivity contribution is 4.90. The molecule has 3 nitrogen and oxygen atoms in total. The second kappa shape index (κ2) is 4.04. The number of ether oxygens (including phenoxy) is 1. The first-order chi connectivity index (χ1) is 6.99. The molecule has 2 heterocycles. The first-order valence-corrected chi connectivity index (χ1v) is 6.17. The van der Waals surface area contributed by atoms with Gasteiger partial charge in [0.25, 0.3) is 0 Å². The molecule has 0 spiro atoms. The van der Waals surface area contributed by atoms with Gasteiger partial charge < -0.3 is 9.64 Å². The minimum absolute atomic E-state index is 0.000239. The lowest BCUT2D eigenvalue weighted by molar-refractivity contribution is -0.0860. The van der Waals surface area contributed by atoms with Crippen molar-refractivity contribution < 1.29 is 4.74 Å². The summed E-state index contributed by atoms with van der Waals surface area (Å²) in [5, 5.41) is 3.50. The summed E-state index contributed by atoms with van der Waals surface area (Å²) in [5.74, 6) is 0. The van der Waals surface area contributed by atoms with Gasteiger partial charge in [-0.05, 0) is 46.7 Å². The van der Waals surface area contributed by atoms with E-state index in [2.05, 4.69) is 31.0 Å². The number of nitrogens with one attached hydrogen (secondary N) is 1. The third-order valence-corrected chi connectivity index (χ3v) is 3.49. The van der Waals surface area contributed by atoms with E-state index in [1.54, 1.807) is 0 Å². The predicted octanol–water partition coefficient (Wildman–Crippen LogP) is 1.59. The van der Waals surface area contributed by atoms with Crippen LogP contribution in [-0.4, -0.2) is 42.4 Å². The van der Waals surface area contributed by atoms with Crippen molar-refractivity contribution in [1.82, 2.24) is 10.2 Å². The Morgan fingerprint density at radius 3 is 2.40 bits per heavy atom. The van der Waals surface area contributed by atoms with E-state index in [1.807, 2.05) is 0 Å². The molecule has 0 aromatic heterocycles. The second-order valence-electron chi connectivity index (χ2n) is 5.74. The highest BCUT2D eigenvalue weighted by atomic mass is 16.5. The molecule has 3 heteroatoms. The monoisotopic (exact) mass is 212 g/mol. The fraction of sp³-hybridized carbons (Fsp3) is 1.00. The van der Waals surface area contributed by atoms with Crippen molar-refractivity contribution in [2.75, 3.05) is 26.2 Å². The van der Waals surface area contributed by atoms with Gasteiger partial charge in [-0.25, -0.2) is 0 Å². The number of likely N-dealkylation sites (tertiary alicyclic amines) is 1. The Kier molecular flexibility index (Phi) is 3.06. The fourth-order valence-electron chi connectivity index (χ4n) is 2.60. The van der Waals surface area contributed by atoms with Gasteiger partial charge in [0.15, 0.2) is 0 Å². The third kappa shape index (κ3) is 2.92. The van der Waals surface area contributed by atoms with E-state index in [9.17, 15) is 0 Å². The molecule has 0 amide bonds. The van der Waals surface area contributed by atoms with Crippen molar-refractivity contribution in [3.8, 4) is 0 Å². The molecule has 2 aliphatic rings. The Morgan fingerprint density at radius 1 is 1.20 bits per heavy atom. The highest BCUT2D eigenvalue weighted by Crippen LogP contribution is 2.28. The summed E-state index contributed by atoms with van der Waals surface area (Å²) in [7, 11) is 0. The molecule has 2 fully saturated rings. The summed E-state index contributed by atoms with van der Waals surface area (Å²) >= 11 is 0. The lowest BCUT2D eigenvalue weighted by Crippen LogP contribution is -2.41. The van der Waals surface area contributed by atoms with Gasteiger partial charge in [-0.2, -0.15) is 0 Å². The Hall–Kier alpha value is -0.120. The summed E-state index contributed by atoms with van der Waals surface area (Å²) in [4.78, 5) is 2.54. The molecule has 0 aromatic rings. The molecule has 0 bridgehead atoms. The van der Waals surface area contributed by atoms with Crippen LogP contribution in [-0.2, 0) is 4.74 Å². The van der Waals surface area contributed by atoms with E-state index in [-0.39, 0.29) is 11.3 Å². The van der Waals surface area contributed by atoms with Crippen molar-refractivity contribution >= 4 is 0 Å². The summed E-state index contributed by atoms with van der Waals surface area (Å²) in [5.41, 5.74) is -0.105. The van der Waals surface area contributed by atoms with Crippen LogP contribution in [0, 0.1) is 0 Å². The molecule has 1 atom stereocenters. The van der Waals surface area contributed by atoms with E-state index in [0.29, 0.717) is 0 Å². The van der Waals surface area contributed by atoms with Crippen LogP contribution in [0.3, 0.4) is 0 Å². The lowest BCUT2D eigenvalue weighted by atomic mass is 10.1. The van der Waals surface area contributed by atoms with Gasteiger partial charge >= 0.3 is 0 Å². The highest BCUT2D eigenvalue weighted by Gasteiger charge is 2.40. The van der Waals surface area contributed by atoms with Crippen LogP contribution in [0.4, 0.5) is 0 Å². The van der Waals surface area contributed by atoms with Crippen LogP contribution in [0.15, 0.2) is 0 Å². The average molecular weight is 212 g/mol. The smallest absolute Gasteiger partial charge is 0.118 e. The van der Waals surface area contributed by atoms with Gasteiger partial charge in [-0.3, -0.25) is 5.32 Å². The van der Waals surface area contributed by atoms with Gasteiger partial charge in [0.2, 0.25) is 0 Å². The third-order valence-electron chi connectivity index (χ3n) is 3.49. The minimum atomic E-state index is -0.105. The fourth-order valence-corrected chi connectivity index (χ4v) is 2.60. The maximum Gasteiger partial charge on any atom is 0.118 e. The van der Waals surface area contributed by atoms with Crippen molar-refractivity contribution in [3.63, 3.8) is 0 Å². The van der Waals surface area contributed by atoms with Crippen LogP contribution in [0.2, 0.25) is 0 Å². The normalized spacial score (nSPS) is 36.2. The molecule has 1 unspecified atom stereocenters. The van der Waals surface area contributed by atoms with Gasteiger partial charge in [-0.1, -0.05) is 0 Å². The van der Waals surface area contributed by atoms with Gasteiger partial charge in [0, 0.05) is 19.5 Å². The Balaban J connectivity index is 1.78. The zero-order valence-electron chi connectivity index (χ0n) is 10.3. The van der Waals surface area contributed by atoms with Crippen LogP contribution in [0.25, 0.3) is 0 Å². The second-order valence-corrected chi connectivity index (χ2v) is 5.74. The van der Waals surface area contributed by atoms with Crippen LogP contribution < -0.4 is 5.32 Å². The molecule has 0 saturated carbocycles. The van der Waals surface area contributed by atoms with Crippen LogP contribution in [0.1, 0.15) is 40.0 Å². The zero-order valence-corrected chi connectivity index (χ0v) is 10.3. The zero-order chi connectivity index (χ0) is 10.9. The van der Waals surface area contributed by atoms with Crippen molar-refractivity contribution in [2.24, 2.45) is 0 Å². The van der Waals surface area contributed by atoms with E-state index < -0.39 is 0 Å². The van der Waals surface area contributed by atoms with Crippen LogP contribution in [0.5, 0.6) is 0 Å². The minimum Gasteiger partial charge on any atom is -0.354 e. The summed E-state index contributed by atoms with van der Waals surface area (Å²) in [6.07, 6.45) is 3.84. The first-order valence-electron chi connectivity index (χ1n) is 6.17. The standard InChI is InChI=1S/C12H24N2O/c1-11(2)10-13-12(3,15-11)6-9-14-7-4-5-8-14/h13H,4-10H2,1-3H3. The van der Waals surface area contributed by atoms with Crippen molar-refractivity contribution in [1.29, 1.82) is 0 Å². The molecular formula is C12H24N2O. The Bertz CT molecular complexity index is 224. The number of hydrogen-bond donors (Lipinski definition) is 1.